The van der Waals surface area contributed by atoms with Gasteiger partial charge in [-0.3, -0.25) is 0 Å². The van der Waals surface area contributed by atoms with Crippen LogP contribution in [0.1, 0.15) is 43.7 Å². The van der Waals surface area contributed by atoms with Crippen molar-refractivity contribution >= 4 is 17.8 Å². The van der Waals surface area contributed by atoms with Crippen LogP contribution in [0.3, 0.4) is 0 Å². The average Bonchev–Trinajstić information content (AvgIpc) is 3.04. The summed E-state index contributed by atoms with van der Waals surface area (Å²) in [5.74, 6) is 0.412. The molecule has 0 saturated heterocycles. The summed E-state index contributed by atoms with van der Waals surface area (Å²) in [7, 11) is 0. The Kier molecular flexibility index (Phi) is 6.20. The van der Waals surface area contributed by atoms with E-state index < -0.39 is 5.97 Å². The van der Waals surface area contributed by atoms with Gasteiger partial charge in [-0.2, -0.15) is 0 Å². The number of rotatable bonds is 8. The van der Waals surface area contributed by atoms with Crippen molar-refractivity contribution < 1.29 is 14.4 Å². The van der Waals surface area contributed by atoms with Crippen molar-refractivity contribution in [3.8, 4) is 5.75 Å². The zero-order chi connectivity index (χ0) is 18.2. The Bertz CT molecular complexity index is 792. The minimum Gasteiger partial charge on any atom is -0.494 e. The molecule has 0 atom stereocenters. The molecule has 0 bridgehead atoms. The van der Waals surface area contributed by atoms with Crippen LogP contribution >= 0.6 is 0 Å². The van der Waals surface area contributed by atoms with E-state index in [2.05, 4.69) is 12.1 Å². The summed E-state index contributed by atoms with van der Waals surface area (Å²) in [6.45, 7) is 2.93. The van der Waals surface area contributed by atoms with Crippen molar-refractivity contribution in [3.05, 3.63) is 71.3 Å². The van der Waals surface area contributed by atoms with Gasteiger partial charge in [0.25, 0.3) is 0 Å². The summed E-state index contributed by atoms with van der Waals surface area (Å²) < 4.78 is 5.75. The highest BCUT2D eigenvalue weighted by Crippen LogP contribution is 2.22. The quantitative estimate of drug-likeness (QED) is 0.383. The maximum Gasteiger partial charge on any atom is 0.368 e. The monoisotopic (exact) mass is 349 g/mol. The van der Waals surface area contributed by atoms with Crippen molar-refractivity contribution in [2.45, 2.75) is 32.6 Å². The van der Waals surface area contributed by atoms with E-state index in [-0.39, 0.29) is 0 Å². The van der Waals surface area contributed by atoms with Crippen molar-refractivity contribution in [3.63, 3.8) is 0 Å². The molecule has 0 aromatic heterocycles. The zero-order valence-corrected chi connectivity index (χ0v) is 15.0. The first-order valence-corrected chi connectivity index (χ1v) is 9.07. The molecule has 0 amide bonds. The summed E-state index contributed by atoms with van der Waals surface area (Å²) in [5, 5.41) is 3.92. The van der Waals surface area contributed by atoms with Crippen molar-refractivity contribution in [1.82, 2.24) is 0 Å². The largest absolute Gasteiger partial charge is 0.494 e. The highest BCUT2D eigenvalue weighted by Gasteiger charge is 2.26. The molecule has 0 spiro atoms. The lowest BCUT2D eigenvalue weighted by Gasteiger charge is -2.06. The van der Waals surface area contributed by atoms with Gasteiger partial charge in [0.1, 0.15) is 11.5 Å². The summed E-state index contributed by atoms with van der Waals surface area (Å²) >= 11 is 0. The molecule has 4 nitrogen and oxygen atoms in total. The highest BCUT2D eigenvalue weighted by atomic mass is 16.7. The number of carbonyl (C=O) groups excluding carboxylic acids is 1. The topological polar surface area (TPSA) is 47.9 Å². The van der Waals surface area contributed by atoms with Crippen LogP contribution in [0, 0.1) is 0 Å². The van der Waals surface area contributed by atoms with E-state index in [1.807, 2.05) is 54.6 Å². The molecule has 2 aromatic rings. The van der Waals surface area contributed by atoms with Crippen LogP contribution in [0.25, 0.3) is 6.08 Å². The van der Waals surface area contributed by atoms with E-state index in [9.17, 15) is 4.79 Å². The first kappa shape index (κ1) is 17.9. The maximum absolute atomic E-state index is 12.0. The SMILES string of the molecule is CCCCCCOc1ccc(/C=C2\C(=O)ON=C2c2ccccc2)cc1. The minimum absolute atomic E-state index is 0.430. The summed E-state index contributed by atoms with van der Waals surface area (Å²) in [6, 6.07) is 17.3. The fourth-order valence-corrected chi connectivity index (χ4v) is 2.76. The zero-order valence-electron chi connectivity index (χ0n) is 15.0. The van der Waals surface area contributed by atoms with E-state index in [1.165, 1.54) is 19.3 Å². The van der Waals surface area contributed by atoms with Crippen LogP contribution < -0.4 is 4.74 Å². The van der Waals surface area contributed by atoms with Gasteiger partial charge < -0.3 is 9.57 Å². The smallest absolute Gasteiger partial charge is 0.368 e. The number of ether oxygens (including phenoxy) is 1. The average molecular weight is 349 g/mol. The number of hydrogen-bond acceptors (Lipinski definition) is 4. The molecular formula is C22H23NO3. The standard InChI is InChI=1S/C22H23NO3/c1-2-3-4-8-15-25-19-13-11-17(12-14-19)16-20-21(23-26-22(20)24)18-9-6-5-7-10-18/h5-7,9-14,16H,2-4,8,15H2,1H3/b20-16-. The predicted molar refractivity (Wildman–Crippen MR) is 103 cm³/mol. The second-order valence-corrected chi connectivity index (χ2v) is 6.22. The fourth-order valence-electron chi connectivity index (χ4n) is 2.76. The van der Waals surface area contributed by atoms with Gasteiger partial charge in [0, 0.05) is 5.56 Å². The fraction of sp³-hybridized carbons (Fsp3) is 0.273. The molecule has 26 heavy (non-hydrogen) atoms. The van der Waals surface area contributed by atoms with E-state index >= 15 is 0 Å². The lowest BCUT2D eigenvalue weighted by molar-refractivity contribution is -0.136. The van der Waals surface area contributed by atoms with Gasteiger partial charge in [0.05, 0.1) is 12.2 Å². The molecule has 0 unspecified atom stereocenters. The number of nitrogens with zero attached hydrogens (tertiary/aromatic N) is 1. The third-order valence-electron chi connectivity index (χ3n) is 4.20. The predicted octanol–water partition coefficient (Wildman–Crippen LogP) is 4.99. The normalized spacial score (nSPS) is 15.0. The Morgan fingerprint density at radius 1 is 1.00 bits per heavy atom. The molecule has 3 rings (SSSR count). The first-order chi connectivity index (χ1) is 12.8. The third kappa shape index (κ3) is 4.60. The van der Waals surface area contributed by atoms with Gasteiger partial charge in [0.15, 0.2) is 0 Å². The molecule has 0 fully saturated rings. The Labute approximate surface area is 154 Å². The molecule has 1 aliphatic heterocycles. The van der Waals surface area contributed by atoms with Gasteiger partial charge in [-0.1, -0.05) is 73.8 Å². The van der Waals surface area contributed by atoms with Crippen molar-refractivity contribution in [2.75, 3.05) is 6.61 Å². The number of unbranched alkanes of at least 4 members (excludes halogenated alkanes) is 3. The number of benzene rings is 2. The number of hydrogen-bond donors (Lipinski definition) is 0. The van der Waals surface area contributed by atoms with Crippen LogP contribution in [0.4, 0.5) is 0 Å². The van der Waals surface area contributed by atoms with Gasteiger partial charge in [-0.05, 0) is 30.2 Å². The molecule has 0 aliphatic carbocycles. The first-order valence-electron chi connectivity index (χ1n) is 9.07. The Hall–Kier alpha value is -2.88. The highest BCUT2D eigenvalue weighted by molar-refractivity contribution is 6.31. The molecule has 4 heteroatoms. The van der Waals surface area contributed by atoms with E-state index in [0.29, 0.717) is 11.3 Å². The molecule has 0 radical (unpaired) electrons. The molecule has 134 valence electrons. The number of carbonyl (C=O) groups is 1. The van der Waals surface area contributed by atoms with Gasteiger partial charge >= 0.3 is 5.97 Å². The molecule has 1 heterocycles. The van der Waals surface area contributed by atoms with E-state index in [0.717, 1.165) is 29.9 Å². The van der Waals surface area contributed by atoms with Gasteiger partial charge in [-0.15, -0.1) is 0 Å². The second kappa shape index (κ2) is 8.99. The summed E-state index contributed by atoms with van der Waals surface area (Å²) in [5.41, 5.74) is 2.79. The Morgan fingerprint density at radius 2 is 1.77 bits per heavy atom. The lowest BCUT2D eigenvalue weighted by atomic mass is 10.0. The second-order valence-electron chi connectivity index (χ2n) is 6.22. The van der Waals surface area contributed by atoms with E-state index in [1.54, 1.807) is 6.08 Å². The van der Waals surface area contributed by atoms with E-state index in [4.69, 9.17) is 9.57 Å². The summed E-state index contributed by atoms with van der Waals surface area (Å²) in [4.78, 5) is 16.9. The molecular weight excluding hydrogens is 326 g/mol. The van der Waals surface area contributed by atoms with Crippen LogP contribution in [-0.4, -0.2) is 18.3 Å². The number of oxime groups is 1. The molecule has 2 aromatic carbocycles. The van der Waals surface area contributed by atoms with Crippen LogP contribution in [0.15, 0.2) is 65.3 Å². The van der Waals surface area contributed by atoms with Gasteiger partial charge in [0.2, 0.25) is 0 Å². The van der Waals surface area contributed by atoms with Crippen LogP contribution in [0.5, 0.6) is 5.75 Å². The molecule has 0 saturated carbocycles. The van der Waals surface area contributed by atoms with Crippen molar-refractivity contribution in [2.24, 2.45) is 5.16 Å². The van der Waals surface area contributed by atoms with Crippen molar-refractivity contribution in [1.29, 1.82) is 0 Å². The Balaban J connectivity index is 1.67. The maximum atomic E-state index is 12.0. The molecule has 0 N–H and O–H groups in total. The van der Waals surface area contributed by atoms with Gasteiger partial charge in [-0.25, -0.2) is 4.79 Å². The van der Waals surface area contributed by atoms with Crippen LogP contribution in [-0.2, 0) is 9.63 Å². The Morgan fingerprint density at radius 3 is 2.50 bits per heavy atom. The minimum atomic E-state index is -0.430. The van der Waals surface area contributed by atoms with Crippen LogP contribution in [0.2, 0.25) is 0 Å². The lowest BCUT2D eigenvalue weighted by Crippen LogP contribution is -2.06. The third-order valence-corrected chi connectivity index (χ3v) is 4.20. The molecule has 1 aliphatic rings. The summed E-state index contributed by atoms with van der Waals surface area (Å²) in [6.07, 6.45) is 6.54.